The Morgan fingerprint density at radius 2 is 1.85 bits per heavy atom. The molecule has 1 saturated heterocycles. The number of amides is 2. The fraction of sp³-hybridized carbons (Fsp3) is 0.391. The second-order valence-electron chi connectivity index (χ2n) is 7.36. The Morgan fingerprint density at radius 3 is 2.63 bits per heavy atom. The van der Waals surface area contributed by atoms with Crippen LogP contribution in [-0.4, -0.2) is 24.9 Å². The summed E-state index contributed by atoms with van der Waals surface area (Å²) in [4.78, 5) is 26.7. The second kappa shape index (κ2) is 8.85. The van der Waals surface area contributed by atoms with Crippen molar-refractivity contribution >= 4 is 17.5 Å². The maximum Gasteiger partial charge on any atom is 0.227 e. The highest BCUT2D eigenvalue weighted by molar-refractivity contribution is 6.00. The Morgan fingerprint density at radius 1 is 1.07 bits per heavy atom. The maximum absolute atomic E-state index is 12.5. The van der Waals surface area contributed by atoms with Gasteiger partial charge >= 0.3 is 0 Å². The highest BCUT2D eigenvalue weighted by atomic mass is 16.2. The third-order valence-corrected chi connectivity index (χ3v) is 5.40. The van der Waals surface area contributed by atoms with Gasteiger partial charge < -0.3 is 10.2 Å². The molecule has 1 heterocycles. The lowest BCUT2D eigenvalue weighted by Gasteiger charge is -2.20. The van der Waals surface area contributed by atoms with Crippen molar-refractivity contribution in [3.63, 3.8) is 0 Å². The van der Waals surface area contributed by atoms with Gasteiger partial charge in [0.25, 0.3) is 0 Å². The van der Waals surface area contributed by atoms with Crippen LogP contribution in [0.15, 0.2) is 48.5 Å². The highest BCUT2D eigenvalue weighted by Crippen LogP contribution is 2.29. The van der Waals surface area contributed by atoms with E-state index in [-0.39, 0.29) is 17.7 Å². The van der Waals surface area contributed by atoms with E-state index in [9.17, 15) is 9.59 Å². The van der Waals surface area contributed by atoms with Crippen LogP contribution in [0.5, 0.6) is 0 Å². The van der Waals surface area contributed by atoms with Crippen LogP contribution >= 0.6 is 0 Å². The maximum atomic E-state index is 12.5. The summed E-state index contributed by atoms with van der Waals surface area (Å²) in [5.41, 5.74) is 4.52. The van der Waals surface area contributed by atoms with E-state index in [1.165, 1.54) is 5.56 Å². The normalized spacial score (nSPS) is 16.6. The van der Waals surface area contributed by atoms with Crippen LogP contribution in [0, 0.1) is 19.8 Å². The monoisotopic (exact) mass is 364 g/mol. The highest BCUT2D eigenvalue weighted by Gasteiger charge is 2.35. The minimum atomic E-state index is -0.258. The van der Waals surface area contributed by atoms with E-state index in [4.69, 9.17) is 0 Å². The first kappa shape index (κ1) is 19.2. The number of nitrogens with zero attached hydrogens (tertiary/aromatic N) is 1. The van der Waals surface area contributed by atoms with Gasteiger partial charge in [0.15, 0.2) is 0 Å². The minimum Gasteiger partial charge on any atom is -0.356 e. The van der Waals surface area contributed by atoms with E-state index in [0.717, 1.165) is 36.1 Å². The Balaban J connectivity index is 1.45. The number of carbonyl (C=O) groups is 2. The van der Waals surface area contributed by atoms with Crippen LogP contribution in [0.25, 0.3) is 0 Å². The summed E-state index contributed by atoms with van der Waals surface area (Å²) in [6.45, 7) is 5.20. The van der Waals surface area contributed by atoms with Crippen LogP contribution in [0.1, 0.15) is 36.0 Å². The number of hydrogen-bond acceptors (Lipinski definition) is 2. The van der Waals surface area contributed by atoms with Crippen molar-refractivity contribution in [1.29, 1.82) is 0 Å². The molecular weight excluding hydrogens is 336 g/mol. The number of hydrogen-bond donors (Lipinski definition) is 1. The molecule has 0 radical (unpaired) electrons. The van der Waals surface area contributed by atoms with Gasteiger partial charge in [0.2, 0.25) is 11.8 Å². The van der Waals surface area contributed by atoms with Gasteiger partial charge in [-0.1, -0.05) is 42.5 Å². The van der Waals surface area contributed by atoms with Crippen molar-refractivity contribution in [2.24, 2.45) is 5.92 Å². The summed E-state index contributed by atoms with van der Waals surface area (Å²) in [7, 11) is 0. The summed E-state index contributed by atoms with van der Waals surface area (Å²) in [6, 6.07) is 16.4. The summed E-state index contributed by atoms with van der Waals surface area (Å²) in [6.07, 6.45) is 3.31. The zero-order valence-electron chi connectivity index (χ0n) is 16.2. The lowest BCUT2D eigenvalue weighted by molar-refractivity contribution is -0.126. The molecule has 2 aromatic carbocycles. The molecule has 0 aromatic heterocycles. The molecule has 0 bridgehead atoms. The van der Waals surface area contributed by atoms with Gasteiger partial charge in [0.1, 0.15) is 0 Å². The van der Waals surface area contributed by atoms with Crippen LogP contribution in [0.4, 0.5) is 5.69 Å². The molecular formula is C23H28N2O2. The molecule has 0 aliphatic carbocycles. The van der Waals surface area contributed by atoms with E-state index in [0.29, 0.717) is 19.5 Å². The second-order valence-corrected chi connectivity index (χ2v) is 7.36. The molecule has 1 fully saturated rings. The standard InChI is InChI=1S/C23H28N2O2/c1-17-9-8-13-21(18(17)2)25-16-20(15-22(25)26)23(27)24-14-7-6-12-19-10-4-3-5-11-19/h3-5,8-11,13,20H,6-7,12,14-16H2,1-2H3,(H,24,27)/t20-/m1/s1. The Labute approximate surface area is 161 Å². The molecule has 27 heavy (non-hydrogen) atoms. The van der Waals surface area contributed by atoms with Crippen molar-refractivity contribution in [2.45, 2.75) is 39.5 Å². The van der Waals surface area contributed by atoms with E-state index in [2.05, 4.69) is 29.6 Å². The molecule has 2 aromatic rings. The van der Waals surface area contributed by atoms with Crippen LogP contribution in [-0.2, 0) is 16.0 Å². The molecule has 3 rings (SSSR count). The lowest BCUT2D eigenvalue weighted by atomic mass is 10.1. The summed E-state index contributed by atoms with van der Waals surface area (Å²) >= 11 is 0. The van der Waals surface area contributed by atoms with Crippen molar-refractivity contribution in [3.05, 3.63) is 65.2 Å². The SMILES string of the molecule is Cc1cccc(N2C[C@H](C(=O)NCCCCc3ccccc3)CC2=O)c1C. The minimum absolute atomic E-state index is 0.00383. The number of unbranched alkanes of at least 4 members (excludes halogenated alkanes) is 1. The third kappa shape index (κ3) is 4.76. The van der Waals surface area contributed by atoms with Gasteiger partial charge in [-0.05, 0) is 55.9 Å². The quantitative estimate of drug-likeness (QED) is 0.760. The largest absolute Gasteiger partial charge is 0.356 e. The first-order valence-corrected chi connectivity index (χ1v) is 9.74. The van der Waals surface area contributed by atoms with Crippen molar-refractivity contribution in [3.8, 4) is 0 Å². The van der Waals surface area contributed by atoms with E-state index in [1.807, 2.05) is 38.1 Å². The first-order valence-electron chi connectivity index (χ1n) is 9.74. The number of nitrogens with one attached hydrogen (secondary N) is 1. The molecule has 4 nitrogen and oxygen atoms in total. The molecule has 142 valence electrons. The predicted octanol–water partition coefficient (Wildman–Crippen LogP) is 3.80. The average Bonchev–Trinajstić information content (AvgIpc) is 3.06. The van der Waals surface area contributed by atoms with Crippen molar-refractivity contribution in [2.75, 3.05) is 18.0 Å². The molecule has 1 aliphatic rings. The summed E-state index contributed by atoms with van der Waals surface area (Å²) in [5.74, 6) is -0.227. The van der Waals surface area contributed by atoms with E-state index in [1.54, 1.807) is 4.90 Å². The molecule has 2 amide bonds. The smallest absolute Gasteiger partial charge is 0.227 e. The van der Waals surface area contributed by atoms with Crippen LogP contribution in [0.3, 0.4) is 0 Å². The van der Waals surface area contributed by atoms with Gasteiger partial charge in [-0.25, -0.2) is 0 Å². The fourth-order valence-electron chi connectivity index (χ4n) is 3.60. The fourth-order valence-corrected chi connectivity index (χ4v) is 3.60. The topological polar surface area (TPSA) is 49.4 Å². The van der Waals surface area contributed by atoms with Crippen LogP contribution < -0.4 is 10.2 Å². The number of carbonyl (C=O) groups excluding carboxylic acids is 2. The summed E-state index contributed by atoms with van der Waals surface area (Å²) in [5, 5.41) is 3.01. The van der Waals surface area contributed by atoms with Crippen molar-refractivity contribution < 1.29 is 9.59 Å². The van der Waals surface area contributed by atoms with Crippen LogP contribution in [0.2, 0.25) is 0 Å². The molecule has 0 spiro atoms. The lowest BCUT2D eigenvalue weighted by Crippen LogP contribution is -2.33. The predicted molar refractivity (Wildman–Crippen MR) is 109 cm³/mol. The number of benzene rings is 2. The molecule has 1 aliphatic heterocycles. The van der Waals surface area contributed by atoms with Gasteiger partial charge in [0, 0.05) is 25.2 Å². The van der Waals surface area contributed by atoms with Gasteiger partial charge in [-0.3, -0.25) is 9.59 Å². The Hall–Kier alpha value is -2.62. The Bertz CT molecular complexity index is 801. The first-order chi connectivity index (χ1) is 13.1. The summed E-state index contributed by atoms with van der Waals surface area (Å²) < 4.78 is 0. The molecule has 1 atom stereocenters. The number of anilines is 1. The van der Waals surface area contributed by atoms with Gasteiger partial charge in [-0.2, -0.15) is 0 Å². The average molecular weight is 364 g/mol. The number of rotatable bonds is 7. The van der Waals surface area contributed by atoms with E-state index < -0.39 is 0 Å². The zero-order chi connectivity index (χ0) is 19.2. The number of aryl methyl sites for hydroxylation is 2. The van der Waals surface area contributed by atoms with Gasteiger partial charge in [0.05, 0.1) is 5.92 Å². The van der Waals surface area contributed by atoms with Gasteiger partial charge in [-0.15, -0.1) is 0 Å². The molecule has 0 unspecified atom stereocenters. The molecule has 4 heteroatoms. The zero-order valence-corrected chi connectivity index (χ0v) is 16.2. The van der Waals surface area contributed by atoms with Crippen molar-refractivity contribution in [1.82, 2.24) is 5.32 Å². The van der Waals surface area contributed by atoms with E-state index >= 15 is 0 Å². The molecule has 0 saturated carbocycles. The third-order valence-electron chi connectivity index (χ3n) is 5.40. The Kier molecular flexibility index (Phi) is 6.28. The molecule has 1 N–H and O–H groups in total.